The van der Waals surface area contributed by atoms with E-state index in [1.807, 2.05) is 0 Å². The van der Waals surface area contributed by atoms with E-state index in [0.29, 0.717) is 11.4 Å². The molecule has 18 heavy (non-hydrogen) atoms. The predicted molar refractivity (Wildman–Crippen MR) is 69.8 cm³/mol. The van der Waals surface area contributed by atoms with Gasteiger partial charge < -0.3 is 16.0 Å². The van der Waals surface area contributed by atoms with Crippen LogP contribution in [0.2, 0.25) is 0 Å². The summed E-state index contributed by atoms with van der Waals surface area (Å²) in [7, 11) is 3.21. The van der Waals surface area contributed by atoms with Crippen LogP contribution >= 0.6 is 0 Å². The number of likely N-dealkylation sites (N-methyl/N-ethyl adjacent to an activating group) is 1. The van der Waals surface area contributed by atoms with Crippen molar-refractivity contribution in [1.29, 1.82) is 0 Å². The third-order valence-electron chi connectivity index (χ3n) is 2.44. The molecule has 3 N–H and O–H groups in total. The van der Waals surface area contributed by atoms with E-state index in [2.05, 4.69) is 16.0 Å². The Hall–Kier alpha value is -2.31. The van der Waals surface area contributed by atoms with Crippen LogP contribution in [0.25, 0.3) is 0 Å². The second-order valence-corrected chi connectivity index (χ2v) is 3.76. The summed E-state index contributed by atoms with van der Waals surface area (Å²) < 4.78 is 0. The number of amides is 1. The highest BCUT2D eigenvalue weighted by molar-refractivity contribution is 5.84. The van der Waals surface area contributed by atoms with Crippen molar-refractivity contribution in [3.05, 3.63) is 28.3 Å². The topological polar surface area (TPSA) is 96.3 Å². The molecule has 0 spiro atoms. The monoisotopic (exact) mass is 252 g/mol. The predicted octanol–water partition coefficient (Wildman–Crippen LogP) is 1.18. The molecule has 7 heteroatoms. The summed E-state index contributed by atoms with van der Waals surface area (Å²) in [6, 6.07) is 4.05. The van der Waals surface area contributed by atoms with Gasteiger partial charge in [-0.3, -0.25) is 14.9 Å². The summed E-state index contributed by atoms with van der Waals surface area (Å²) in [6.45, 7) is 1.68. The first-order valence-electron chi connectivity index (χ1n) is 5.43. The van der Waals surface area contributed by atoms with Crippen molar-refractivity contribution in [1.82, 2.24) is 5.32 Å². The molecule has 1 amide bonds. The molecule has 0 fully saturated rings. The lowest BCUT2D eigenvalue weighted by molar-refractivity contribution is -0.384. The van der Waals surface area contributed by atoms with E-state index in [9.17, 15) is 14.9 Å². The molecule has 0 bridgehead atoms. The summed E-state index contributed by atoms with van der Waals surface area (Å²) in [5.74, 6) is -0.187. The Kier molecular flexibility index (Phi) is 4.47. The number of hydrogen-bond acceptors (Lipinski definition) is 5. The maximum absolute atomic E-state index is 11.4. The minimum atomic E-state index is -0.476. The Morgan fingerprint density at radius 1 is 1.28 bits per heavy atom. The van der Waals surface area contributed by atoms with E-state index < -0.39 is 11.0 Å². The number of carbonyl (C=O) groups is 1. The highest BCUT2D eigenvalue weighted by atomic mass is 16.6. The first kappa shape index (κ1) is 13.8. The molecule has 0 aromatic heterocycles. The number of nitro benzene ring substituents is 1. The van der Waals surface area contributed by atoms with Crippen molar-refractivity contribution in [2.75, 3.05) is 24.7 Å². The fourth-order valence-electron chi connectivity index (χ4n) is 1.48. The maximum Gasteiger partial charge on any atom is 0.273 e. The standard InChI is InChI=1S/C11H16N4O3/c1-7(11(16)13-3)14-9-4-8(12-2)5-10(6-9)15(17)18/h4-7,12,14H,1-3H3,(H,13,16). The second-order valence-electron chi connectivity index (χ2n) is 3.76. The van der Waals surface area contributed by atoms with Crippen molar-refractivity contribution < 1.29 is 9.72 Å². The van der Waals surface area contributed by atoms with Crippen molar-refractivity contribution in [3.8, 4) is 0 Å². The van der Waals surface area contributed by atoms with Gasteiger partial charge in [0.25, 0.3) is 5.69 Å². The summed E-state index contributed by atoms with van der Waals surface area (Å²) in [4.78, 5) is 21.7. The Balaban J connectivity index is 2.98. The van der Waals surface area contributed by atoms with E-state index >= 15 is 0 Å². The van der Waals surface area contributed by atoms with Gasteiger partial charge in [-0.1, -0.05) is 0 Å². The molecular weight excluding hydrogens is 236 g/mol. The molecule has 0 aliphatic heterocycles. The molecule has 0 heterocycles. The molecule has 7 nitrogen and oxygen atoms in total. The number of non-ortho nitro benzene ring substituents is 1. The lowest BCUT2D eigenvalue weighted by Crippen LogP contribution is -2.35. The number of rotatable bonds is 5. The molecular formula is C11H16N4O3. The molecule has 98 valence electrons. The van der Waals surface area contributed by atoms with E-state index in [4.69, 9.17) is 0 Å². The zero-order chi connectivity index (χ0) is 13.7. The fourth-order valence-corrected chi connectivity index (χ4v) is 1.48. The van der Waals surface area contributed by atoms with Gasteiger partial charge in [0, 0.05) is 37.6 Å². The van der Waals surface area contributed by atoms with E-state index in [1.54, 1.807) is 20.0 Å². The van der Waals surface area contributed by atoms with Crippen LogP contribution < -0.4 is 16.0 Å². The molecule has 0 saturated carbocycles. The van der Waals surface area contributed by atoms with E-state index in [1.165, 1.54) is 19.2 Å². The lowest BCUT2D eigenvalue weighted by Gasteiger charge is -2.14. The van der Waals surface area contributed by atoms with Gasteiger partial charge in [0.1, 0.15) is 6.04 Å². The van der Waals surface area contributed by atoms with Crippen LogP contribution in [0.4, 0.5) is 17.1 Å². The van der Waals surface area contributed by atoms with Gasteiger partial charge in [-0.15, -0.1) is 0 Å². The van der Waals surface area contributed by atoms with Gasteiger partial charge in [-0.05, 0) is 13.0 Å². The summed E-state index contributed by atoms with van der Waals surface area (Å²) >= 11 is 0. The summed E-state index contributed by atoms with van der Waals surface area (Å²) in [5.41, 5.74) is 1.09. The van der Waals surface area contributed by atoms with Crippen LogP contribution in [0.1, 0.15) is 6.92 Å². The quantitative estimate of drug-likeness (QED) is 0.540. The average Bonchev–Trinajstić information content (AvgIpc) is 2.36. The van der Waals surface area contributed by atoms with Crippen LogP contribution in [0.15, 0.2) is 18.2 Å². The molecule has 1 aromatic rings. The number of hydrogen-bond donors (Lipinski definition) is 3. The molecule has 0 aliphatic carbocycles. The number of anilines is 2. The van der Waals surface area contributed by atoms with Gasteiger partial charge in [-0.25, -0.2) is 0 Å². The van der Waals surface area contributed by atoms with Crippen LogP contribution in [0.5, 0.6) is 0 Å². The highest BCUT2D eigenvalue weighted by Gasteiger charge is 2.14. The number of nitrogens with zero attached hydrogens (tertiary/aromatic N) is 1. The van der Waals surface area contributed by atoms with Crippen LogP contribution in [0, 0.1) is 10.1 Å². The second kappa shape index (κ2) is 5.85. The Morgan fingerprint density at radius 3 is 2.39 bits per heavy atom. The van der Waals surface area contributed by atoms with Gasteiger partial charge in [0.05, 0.1) is 4.92 Å². The van der Waals surface area contributed by atoms with Gasteiger partial charge in [0.2, 0.25) is 5.91 Å². The number of carbonyl (C=O) groups excluding carboxylic acids is 1. The SMILES string of the molecule is CNC(=O)C(C)Nc1cc(NC)cc([N+](=O)[O-])c1. The maximum atomic E-state index is 11.4. The first-order chi connectivity index (χ1) is 8.47. The Labute approximate surface area is 105 Å². The third-order valence-corrected chi connectivity index (χ3v) is 2.44. The van der Waals surface area contributed by atoms with E-state index in [0.717, 1.165) is 0 Å². The van der Waals surface area contributed by atoms with Crippen LogP contribution in [-0.2, 0) is 4.79 Å². The fraction of sp³-hybridized carbons (Fsp3) is 0.364. The molecule has 0 radical (unpaired) electrons. The zero-order valence-electron chi connectivity index (χ0n) is 10.5. The molecule has 1 unspecified atom stereocenters. The lowest BCUT2D eigenvalue weighted by atomic mass is 10.2. The Bertz CT molecular complexity index is 462. The first-order valence-corrected chi connectivity index (χ1v) is 5.43. The van der Waals surface area contributed by atoms with Gasteiger partial charge >= 0.3 is 0 Å². The van der Waals surface area contributed by atoms with E-state index in [-0.39, 0.29) is 11.6 Å². The van der Waals surface area contributed by atoms with Crippen molar-refractivity contribution in [2.45, 2.75) is 13.0 Å². The summed E-state index contributed by atoms with van der Waals surface area (Å²) in [6.07, 6.45) is 0. The van der Waals surface area contributed by atoms with Gasteiger partial charge in [-0.2, -0.15) is 0 Å². The molecule has 1 atom stereocenters. The highest BCUT2D eigenvalue weighted by Crippen LogP contribution is 2.24. The zero-order valence-corrected chi connectivity index (χ0v) is 10.5. The normalized spacial score (nSPS) is 11.5. The van der Waals surface area contributed by atoms with Crippen molar-refractivity contribution >= 4 is 23.0 Å². The average molecular weight is 252 g/mol. The van der Waals surface area contributed by atoms with Crippen LogP contribution in [-0.4, -0.2) is 31.0 Å². The van der Waals surface area contributed by atoms with Crippen molar-refractivity contribution in [3.63, 3.8) is 0 Å². The Morgan fingerprint density at radius 2 is 1.89 bits per heavy atom. The number of nitro groups is 1. The number of nitrogens with one attached hydrogen (secondary N) is 3. The van der Waals surface area contributed by atoms with Crippen molar-refractivity contribution in [2.24, 2.45) is 0 Å². The minimum Gasteiger partial charge on any atom is -0.388 e. The molecule has 1 aromatic carbocycles. The smallest absolute Gasteiger partial charge is 0.273 e. The number of benzene rings is 1. The largest absolute Gasteiger partial charge is 0.388 e. The summed E-state index contributed by atoms with van der Waals surface area (Å²) in [5, 5.41) is 19.0. The van der Waals surface area contributed by atoms with Crippen LogP contribution in [0.3, 0.4) is 0 Å². The molecule has 1 rings (SSSR count). The minimum absolute atomic E-state index is 0.0338. The third kappa shape index (κ3) is 3.34. The molecule has 0 aliphatic rings. The van der Waals surface area contributed by atoms with Gasteiger partial charge in [0.15, 0.2) is 0 Å². The molecule has 0 saturated heterocycles.